The van der Waals surface area contributed by atoms with Crippen LogP contribution >= 0.6 is 12.2 Å². The zero-order valence-corrected chi connectivity index (χ0v) is 18.1. The number of nitrogens with zero attached hydrogens (tertiary/aromatic N) is 1. The number of rotatable bonds is 9. The minimum absolute atomic E-state index is 0.0174. The van der Waals surface area contributed by atoms with E-state index in [1.165, 1.54) is 12.1 Å². The third-order valence-electron chi connectivity index (χ3n) is 3.84. The molecule has 31 heavy (non-hydrogen) atoms. The first kappa shape index (κ1) is 23.7. The molecule has 0 aliphatic rings. The molecule has 166 valence electrons. The second kappa shape index (κ2) is 11.0. The van der Waals surface area contributed by atoms with Crippen LogP contribution in [0.2, 0.25) is 0 Å². The highest BCUT2D eigenvalue weighted by Crippen LogP contribution is 2.39. The van der Waals surface area contributed by atoms with Crippen LogP contribution in [0.5, 0.6) is 23.0 Å². The topological polar surface area (TPSA) is 132 Å². The fraction of sp³-hybridized carbons (Fsp3) is 0.300. The number of nitro groups is 1. The van der Waals surface area contributed by atoms with Gasteiger partial charge >= 0.3 is 0 Å². The van der Waals surface area contributed by atoms with Crippen molar-refractivity contribution >= 4 is 34.6 Å². The van der Waals surface area contributed by atoms with Crippen LogP contribution in [0.15, 0.2) is 30.3 Å². The van der Waals surface area contributed by atoms with E-state index in [2.05, 4.69) is 10.6 Å². The predicted molar refractivity (Wildman–Crippen MR) is 118 cm³/mol. The van der Waals surface area contributed by atoms with Crippen LogP contribution in [0.25, 0.3) is 0 Å². The fourth-order valence-electron chi connectivity index (χ4n) is 2.59. The largest absolute Gasteiger partial charge is 0.506 e. The van der Waals surface area contributed by atoms with Gasteiger partial charge in [0.05, 0.1) is 30.4 Å². The number of aromatic hydroxyl groups is 1. The molecule has 0 spiro atoms. The Balaban J connectivity index is 2.25. The molecule has 0 aliphatic heterocycles. The second-order valence-electron chi connectivity index (χ2n) is 5.97. The molecule has 3 N–H and O–H groups in total. The standard InChI is InChI=1S/C20H23N3O7S/c1-4-28-16-9-12(10-17(29-5-2)18(16)30-6-3)19(25)22-20(31)21-14-11-13(23(26)27)7-8-15(14)24/h7-11,24H,4-6H2,1-3H3,(H2,21,22,25,31). The van der Waals surface area contributed by atoms with Gasteiger partial charge in [0, 0.05) is 17.7 Å². The van der Waals surface area contributed by atoms with Crippen LogP contribution in [0.1, 0.15) is 31.1 Å². The van der Waals surface area contributed by atoms with Gasteiger partial charge < -0.3 is 24.6 Å². The lowest BCUT2D eigenvalue weighted by Gasteiger charge is -2.17. The van der Waals surface area contributed by atoms with E-state index >= 15 is 0 Å². The van der Waals surface area contributed by atoms with Crippen molar-refractivity contribution in [3.8, 4) is 23.0 Å². The van der Waals surface area contributed by atoms with Crippen molar-refractivity contribution < 1.29 is 29.0 Å². The highest BCUT2D eigenvalue weighted by atomic mass is 32.1. The quantitative estimate of drug-likeness (QED) is 0.227. The Bertz CT molecular complexity index is 954. The molecule has 0 bridgehead atoms. The highest BCUT2D eigenvalue weighted by molar-refractivity contribution is 7.80. The first-order valence-corrected chi connectivity index (χ1v) is 9.87. The summed E-state index contributed by atoms with van der Waals surface area (Å²) in [5, 5.41) is 25.7. The van der Waals surface area contributed by atoms with Crippen molar-refractivity contribution in [1.29, 1.82) is 0 Å². The van der Waals surface area contributed by atoms with Gasteiger partial charge in [-0.1, -0.05) is 0 Å². The molecule has 0 aromatic heterocycles. The minimum Gasteiger partial charge on any atom is -0.506 e. The average Bonchev–Trinajstić information content (AvgIpc) is 2.71. The number of anilines is 1. The number of hydrogen-bond acceptors (Lipinski definition) is 8. The molecule has 0 radical (unpaired) electrons. The predicted octanol–water partition coefficient (Wildman–Crippen LogP) is 3.62. The lowest BCUT2D eigenvalue weighted by molar-refractivity contribution is -0.384. The average molecular weight is 449 g/mol. The van der Waals surface area contributed by atoms with E-state index in [1.807, 2.05) is 6.92 Å². The maximum Gasteiger partial charge on any atom is 0.271 e. The van der Waals surface area contributed by atoms with E-state index in [1.54, 1.807) is 13.8 Å². The van der Waals surface area contributed by atoms with Crippen LogP contribution in [0, 0.1) is 10.1 Å². The minimum atomic E-state index is -0.614. The number of thiocarbonyl (C=S) groups is 1. The summed E-state index contributed by atoms with van der Waals surface area (Å²) in [6, 6.07) is 6.40. The Labute approximate surface area is 184 Å². The Kier molecular flexibility index (Phi) is 8.38. The number of benzene rings is 2. The molecule has 0 saturated heterocycles. The molecule has 0 heterocycles. The Morgan fingerprint density at radius 3 is 2.16 bits per heavy atom. The molecule has 11 heteroatoms. The van der Waals surface area contributed by atoms with Crippen LogP contribution in [-0.2, 0) is 0 Å². The van der Waals surface area contributed by atoms with Gasteiger partial charge in [-0.05, 0) is 51.2 Å². The molecular formula is C20H23N3O7S. The van der Waals surface area contributed by atoms with Crippen molar-refractivity contribution in [2.45, 2.75) is 20.8 Å². The summed E-state index contributed by atoms with van der Waals surface area (Å²) >= 11 is 5.11. The lowest BCUT2D eigenvalue weighted by atomic mass is 10.1. The van der Waals surface area contributed by atoms with Crippen molar-refractivity contribution in [2.75, 3.05) is 25.1 Å². The Morgan fingerprint density at radius 2 is 1.65 bits per heavy atom. The van der Waals surface area contributed by atoms with Crippen molar-refractivity contribution in [3.63, 3.8) is 0 Å². The van der Waals surface area contributed by atoms with Gasteiger partial charge in [0.25, 0.3) is 11.6 Å². The lowest BCUT2D eigenvalue weighted by Crippen LogP contribution is -2.34. The molecular weight excluding hydrogens is 426 g/mol. The number of amides is 1. The molecule has 0 aliphatic carbocycles. The normalized spacial score (nSPS) is 10.2. The van der Waals surface area contributed by atoms with Crippen molar-refractivity contribution in [3.05, 3.63) is 46.0 Å². The first-order valence-electron chi connectivity index (χ1n) is 9.46. The van der Waals surface area contributed by atoms with Crippen LogP contribution in [-0.4, -0.2) is 40.9 Å². The number of non-ortho nitro benzene ring substituents is 1. The van der Waals surface area contributed by atoms with Crippen LogP contribution in [0.3, 0.4) is 0 Å². The van der Waals surface area contributed by atoms with Crippen LogP contribution in [0.4, 0.5) is 11.4 Å². The van der Waals surface area contributed by atoms with E-state index in [4.69, 9.17) is 26.4 Å². The monoisotopic (exact) mass is 449 g/mol. The van der Waals surface area contributed by atoms with Gasteiger partial charge in [0.1, 0.15) is 5.75 Å². The SMILES string of the molecule is CCOc1cc(C(=O)NC(=S)Nc2cc([N+](=O)[O-])ccc2O)cc(OCC)c1OCC. The number of ether oxygens (including phenoxy) is 3. The molecule has 0 fully saturated rings. The summed E-state index contributed by atoms with van der Waals surface area (Å²) in [5.41, 5.74) is -0.0670. The van der Waals surface area contributed by atoms with E-state index in [9.17, 15) is 20.0 Å². The maximum absolute atomic E-state index is 12.7. The molecule has 10 nitrogen and oxygen atoms in total. The van der Waals surface area contributed by atoms with E-state index in [-0.39, 0.29) is 27.8 Å². The summed E-state index contributed by atoms with van der Waals surface area (Å²) in [6.07, 6.45) is 0. The number of phenolic OH excluding ortho intramolecular Hbond substituents is 1. The fourth-order valence-corrected chi connectivity index (χ4v) is 2.79. The zero-order valence-electron chi connectivity index (χ0n) is 17.3. The summed E-state index contributed by atoms with van der Waals surface area (Å²) < 4.78 is 16.8. The number of nitrogens with one attached hydrogen (secondary N) is 2. The Morgan fingerprint density at radius 1 is 1.06 bits per heavy atom. The number of carbonyl (C=O) groups is 1. The van der Waals surface area contributed by atoms with Gasteiger partial charge in [-0.15, -0.1) is 0 Å². The zero-order chi connectivity index (χ0) is 23.0. The van der Waals surface area contributed by atoms with Gasteiger partial charge in [-0.3, -0.25) is 20.2 Å². The van der Waals surface area contributed by atoms with Crippen molar-refractivity contribution in [2.24, 2.45) is 0 Å². The molecule has 2 rings (SSSR count). The smallest absolute Gasteiger partial charge is 0.271 e. The summed E-state index contributed by atoms with van der Waals surface area (Å²) in [7, 11) is 0. The summed E-state index contributed by atoms with van der Waals surface area (Å²) in [5.74, 6) is 0.240. The first-order chi connectivity index (χ1) is 14.8. The van der Waals surface area contributed by atoms with Gasteiger partial charge in [0.2, 0.25) is 5.75 Å². The molecule has 2 aromatic carbocycles. The third kappa shape index (κ3) is 6.19. The van der Waals surface area contributed by atoms with Gasteiger partial charge in [-0.2, -0.15) is 0 Å². The molecule has 2 aromatic rings. The molecule has 0 atom stereocenters. The van der Waals surface area contributed by atoms with Gasteiger partial charge in [-0.25, -0.2) is 0 Å². The summed E-state index contributed by atoms with van der Waals surface area (Å²) in [6.45, 7) is 6.50. The van der Waals surface area contributed by atoms with E-state index < -0.39 is 10.8 Å². The van der Waals surface area contributed by atoms with E-state index in [0.29, 0.717) is 37.1 Å². The molecule has 0 unspecified atom stereocenters. The number of carbonyl (C=O) groups excluding carboxylic acids is 1. The number of hydrogen-bond donors (Lipinski definition) is 3. The van der Waals surface area contributed by atoms with Crippen LogP contribution < -0.4 is 24.8 Å². The molecule has 1 amide bonds. The maximum atomic E-state index is 12.7. The third-order valence-corrected chi connectivity index (χ3v) is 4.04. The van der Waals surface area contributed by atoms with Crippen molar-refractivity contribution in [1.82, 2.24) is 5.32 Å². The molecule has 0 saturated carbocycles. The van der Waals surface area contributed by atoms with E-state index in [0.717, 1.165) is 18.2 Å². The highest BCUT2D eigenvalue weighted by Gasteiger charge is 2.19. The van der Waals surface area contributed by atoms with Gasteiger partial charge in [0.15, 0.2) is 16.6 Å². The Hall–Kier alpha value is -3.60. The number of nitro benzene ring substituents is 1. The second-order valence-corrected chi connectivity index (χ2v) is 6.38. The number of phenols is 1. The summed E-state index contributed by atoms with van der Waals surface area (Å²) in [4.78, 5) is 23.0.